The lowest BCUT2D eigenvalue weighted by molar-refractivity contribution is -0.147. The Kier molecular flexibility index (Phi) is 4.95. The molecular weight excluding hydrogens is 261 g/mol. The summed E-state index contributed by atoms with van der Waals surface area (Å²) < 4.78 is 23.9. The van der Waals surface area contributed by atoms with E-state index >= 15 is 0 Å². The fraction of sp³-hybridized carbons (Fsp3) is 0.533. The third-order valence-corrected chi connectivity index (χ3v) is 3.70. The molecule has 110 valence electrons. The molecule has 1 unspecified atom stereocenters. The van der Waals surface area contributed by atoms with Gasteiger partial charge in [0.25, 0.3) is 0 Å². The summed E-state index contributed by atoms with van der Waals surface area (Å²) >= 11 is 0. The molecule has 1 atom stereocenters. The number of nitrogens with zero attached hydrogens (tertiary/aromatic N) is 1. The number of benzene rings is 1. The van der Waals surface area contributed by atoms with Crippen molar-refractivity contribution in [2.45, 2.75) is 19.4 Å². The molecule has 0 aromatic heterocycles. The molecule has 1 aliphatic rings. The van der Waals surface area contributed by atoms with Crippen molar-refractivity contribution in [2.24, 2.45) is 5.92 Å². The molecule has 5 heteroatoms. The molecule has 0 radical (unpaired) electrons. The van der Waals surface area contributed by atoms with Gasteiger partial charge in [0.15, 0.2) is 11.6 Å². The summed E-state index contributed by atoms with van der Waals surface area (Å²) in [7, 11) is 2.86. The lowest BCUT2D eigenvalue weighted by atomic mass is 9.97. The maximum atomic E-state index is 14.1. The Labute approximate surface area is 118 Å². The molecule has 0 saturated carbocycles. The predicted octanol–water partition coefficient (Wildman–Crippen LogP) is 2.22. The van der Waals surface area contributed by atoms with Crippen molar-refractivity contribution >= 4 is 5.97 Å². The number of piperidine rings is 1. The highest BCUT2D eigenvalue weighted by molar-refractivity contribution is 5.72. The number of rotatable bonds is 4. The van der Waals surface area contributed by atoms with Crippen molar-refractivity contribution in [1.29, 1.82) is 0 Å². The highest BCUT2D eigenvalue weighted by Crippen LogP contribution is 2.24. The first-order chi connectivity index (χ1) is 9.65. The van der Waals surface area contributed by atoms with Crippen LogP contribution in [0.4, 0.5) is 4.39 Å². The Morgan fingerprint density at radius 2 is 2.25 bits per heavy atom. The van der Waals surface area contributed by atoms with Crippen molar-refractivity contribution in [1.82, 2.24) is 4.90 Å². The van der Waals surface area contributed by atoms with Crippen LogP contribution in [0.2, 0.25) is 0 Å². The summed E-state index contributed by atoms with van der Waals surface area (Å²) in [4.78, 5) is 13.7. The third kappa shape index (κ3) is 3.28. The highest BCUT2D eigenvalue weighted by atomic mass is 19.1. The minimum Gasteiger partial charge on any atom is -0.494 e. The van der Waals surface area contributed by atoms with E-state index in [9.17, 15) is 9.18 Å². The van der Waals surface area contributed by atoms with Gasteiger partial charge >= 0.3 is 5.97 Å². The molecule has 4 nitrogen and oxygen atoms in total. The van der Waals surface area contributed by atoms with Gasteiger partial charge in [0.2, 0.25) is 0 Å². The lowest BCUT2D eigenvalue weighted by Gasteiger charge is -2.31. The van der Waals surface area contributed by atoms with Gasteiger partial charge in [0, 0.05) is 18.7 Å². The van der Waals surface area contributed by atoms with E-state index in [0.717, 1.165) is 19.4 Å². The predicted molar refractivity (Wildman–Crippen MR) is 73.0 cm³/mol. The van der Waals surface area contributed by atoms with Crippen LogP contribution < -0.4 is 4.74 Å². The van der Waals surface area contributed by atoms with Crippen LogP contribution in [0.5, 0.6) is 5.75 Å². The average molecular weight is 281 g/mol. The minimum absolute atomic E-state index is 0.109. The first-order valence-corrected chi connectivity index (χ1v) is 6.77. The second-order valence-corrected chi connectivity index (χ2v) is 5.03. The first kappa shape index (κ1) is 14.8. The summed E-state index contributed by atoms with van der Waals surface area (Å²) in [6.45, 7) is 1.96. The Bertz CT molecular complexity index is 478. The lowest BCUT2D eigenvalue weighted by Crippen LogP contribution is -2.38. The number of hydrogen-bond donors (Lipinski definition) is 0. The highest BCUT2D eigenvalue weighted by Gasteiger charge is 2.27. The largest absolute Gasteiger partial charge is 0.494 e. The fourth-order valence-corrected chi connectivity index (χ4v) is 2.64. The van der Waals surface area contributed by atoms with E-state index < -0.39 is 0 Å². The van der Waals surface area contributed by atoms with E-state index in [0.29, 0.717) is 18.7 Å². The van der Waals surface area contributed by atoms with Crippen molar-refractivity contribution < 1.29 is 18.7 Å². The number of hydrogen-bond acceptors (Lipinski definition) is 4. The number of carbonyl (C=O) groups excluding carboxylic acids is 1. The first-order valence-electron chi connectivity index (χ1n) is 6.77. The zero-order chi connectivity index (χ0) is 14.5. The molecule has 1 saturated heterocycles. The monoisotopic (exact) mass is 281 g/mol. The summed E-state index contributed by atoms with van der Waals surface area (Å²) in [6.07, 6.45) is 1.76. The van der Waals surface area contributed by atoms with E-state index in [1.165, 1.54) is 14.2 Å². The number of halogens is 1. The van der Waals surface area contributed by atoms with Crippen LogP contribution in [0, 0.1) is 11.7 Å². The molecule has 0 amide bonds. The van der Waals surface area contributed by atoms with Crippen LogP contribution in [0.3, 0.4) is 0 Å². The minimum atomic E-state index is -0.324. The number of esters is 1. The van der Waals surface area contributed by atoms with Gasteiger partial charge in [-0.3, -0.25) is 9.69 Å². The number of carbonyl (C=O) groups is 1. The van der Waals surface area contributed by atoms with Crippen molar-refractivity contribution in [3.8, 4) is 5.75 Å². The van der Waals surface area contributed by atoms with Gasteiger partial charge in [0.1, 0.15) is 0 Å². The molecule has 0 spiro atoms. The Hall–Kier alpha value is -1.62. The normalized spacial score (nSPS) is 19.6. The summed E-state index contributed by atoms with van der Waals surface area (Å²) in [5.41, 5.74) is 0.592. The number of likely N-dealkylation sites (tertiary alicyclic amines) is 1. The average Bonchev–Trinajstić information content (AvgIpc) is 2.49. The van der Waals surface area contributed by atoms with E-state index in [1.54, 1.807) is 18.2 Å². The van der Waals surface area contributed by atoms with Crippen LogP contribution in [-0.2, 0) is 16.1 Å². The molecule has 1 aliphatic heterocycles. The zero-order valence-electron chi connectivity index (χ0n) is 11.9. The standard InChI is InChI=1S/C15H20FNO3/c1-19-13-7-3-5-11(14(13)16)9-17-8-4-6-12(10-17)15(18)20-2/h3,5,7,12H,4,6,8-10H2,1-2H3. The van der Waals surface area contributed by atoms with Crippen LogP contribution in [-0.4, -0.2) is 38.2 Å². The zero-order valence-corrected chi connectivity index (χ0v) is 11.9. The Morgan fingerprint density at radius 1 is 1.45 bits per heavy atom. The van der Waals surface area contributed by atoms with Gasteiger partial charge in [-0.05, 0) is 25.5 Å². The Morgan fingerprint density at radius 3 is 2.95 bits per heavy atom. The van der Waals surface area contributed by atoms with E-state index in [4.69, 9.17) is 9.47 Å². The van der Waals surface area contributed by atoms with Crippen molar-refractivity contribution in [2.75, 3.05) is 27.3 Å². The quantitative estimate of drug-likeness (QED) is 0.793. The van der Waals surface area contributed by atoms with Gasteiger partial charge < -0.3 is 9.47 Å². The number of ether oxygens (including phenoxy) is 2. The van der Waals surface area contributed by atoms with Crippen LogP contribution in [0.15, 0.2) is 18.2 Å². The second kappa shape index (κ2) is 6.70. The molecule has 20 heavy (non-hydrogen) atoms. The van der Waals surface area contributed by atoms with E-state index in [2.05, 4.69) is 4.90 Å². The van der Waals surface area contributed by atoms with Crippen LogP contribution >= 0.6 is 0 Å². The van der Waals surface area contributed by atoms with Gasteiger partial charge in [-0.15, -0.1) is 0 Å². The van der Waals surface area contributed by atoms with E-state index in [-0.39, 0.29) is 23.5 Å². The van der Waals surface area contributed by atoms with Crippen molar-refractivity contribution in [3.05, 3.63) is 29.6 Å². The molecular formula is C15H20FNO3. The molecule has 1 aromatic carbocycles. The molecule has 1 aromatic rings. The van der Waals surface area contributed by atoms with Crippen molar-refractivity contribution in [3.63, 3.8) is 0 Å². The van der Waals surface area contributed by atoms with Crippen LogP contribution in [0.25, 0.3) is 0 Å². The SMILES string of the molecule is COC(=O)C1CCCN(Cc2cccc(OC)c2F)C1. The molecule has 1 fully saturated rings. The smallest absolute Gasteiger partial charge is 0.309 e. The Balaban J connectivity index is 2.04. The molecule has 0 bridgehead atoms. The maximum absolute atomic E-state index is 14.1. The summed E-state index contributed by atoms with van der Waals surface area (Å²) in [5, 5.41) is 0. The van der Waals surface area contributed by atoms with Gasteiger partial charge in [0.05, 0.1) is 20.1 Å². The second-order valence-electron chi connectivity index (χ2n) is 5.03. The summed E-state index contributed by atoms with van der Waals surface area (Å²) in [6, 6.07) is 5.13. The molecule has 2 rings (SSSR count). The fourth-order valence-electron chi connectivity index (χ4n) is 2.64. The van der Waals surface area contributed by atoms with Gasteiger partial charge in [-0.1, -0.05) is 12.1 Å². The van der Waals surface area contributed by atoms with Crippen LogP contribution in [0.1, 0.15) is 18.4 Å². The number of methoxy groups -OCH3 is 2. The topological polar surface area (TPSA) is 38.8 Å². The third-order valence-electron chi connectivity index (χ3n) is 3.70. The molecule has 1 heterocycles. The summed E-state index contributed by atoms with van der Waals surface area (Å²) in [5.74, 6) is -0.359. The van der Waals surface area contributed by atoms with E-state index in [1.807, 2.05) is 0 Å². The molecule has 0 N–H and O–H groups in total. The van der Waals surface area contributed by atoms with Gasteiger partial charge in [-0.2, -0.15) is 0 Å². The van der Waals surface area contributed by atoms with Gasteiger partial charge in [-0.25, -0.2) is 4.39 Å². The maximum Gasteiger partial charge on any atom is 0.309 e. The molecule has 0 aliphatic carbocycles.